The largest absolute Gasteiger partial charge is 0.340 e. The second kappa shape index (κ2) is 6.26. The van der Waals surface area contributed by atoms with Gasteiger partial charge in [-0.3, -0.25) is 0 Å². The van der Waals surface area contributed by atoms with Gasteiger partial charge in [-0.05, 0) is 43.7 Å². The van der Waals surface area contributed by atoms with Crippen LogP contribution in [-0.2, 0) is 0 Å². The molecular formula is C20H16FN3S. The number of anilines is 2. The molecule has 0 aliphatic heterocycles. The molecule has 2 aromatic carbocycles. The standard InChI is InChI=1S/C20H16FN3S/c1-12-3-5-14(6-4-12)17-13(2)25-20-18(17)19(22-11-23-20)24-16-9-7-15(21)8-10-16/h3-11H,1-2H3,(H,22,23,24). The van der Waals surface area contributed by atoms with Gasteiger partial charge in [-0.2, -0.15) is 0 Å². The summed E-state index contributed by atoms with van der Waals surface area (Å²) in [6, 6.07) is 14.7. The van der Waals surface area contributed by atoms with E-state index in [0.717, 1.165) is 32.8 Å². The lowest BCUT2D eigenvalue weighted by molar-refractivity contribution is 0.628. The topological polar surface area (TPSA) is 37.8 Å². The maximum absolute atomic E-state index is 13.1. The third-order valence-electron chi connectivity index (χ3n) is 4.11. The fourth-order valence-corrected chi connectivity index (χ4v) is 3.89. The Kier molecular flexibility index (Phi) is 3.93. The molecule has 0 bridgehead atoms. The number of hydrogen-bond donors (Lipinski definition) is 1. The number of fused-ring (bicyclic) bond motifs is 1. The molecule has 0 saturated heterocycles. The summed E-state index contributed by atoms with van der Waals surface area (Å²) in [5, 5.41) is 4.30. The summed E-state index contributed by atoms with van der Waals surface area (Å²) < 4.78 is 13.1. The molecule has 0 amide bonds. The van der Waals surface area contributed by atoms with E-state index in [1.807, 2.05) is 0 Å². The number of aryl methyl sites for hydroxylation is 2. The van der Waals surface area contributed by atoms with Crippen LogP contribution in [0.2, 0.25) is 0 Å². The minimum atomic E-state index is -0.259. The van der Waals surface area contributed by atoms with E-state index >= 15 is 0 Å². The van der Waals surface area contributed by atoms with E-state index in [0.29, 0.717) is 0 Å². The lowest BCUT2D eigenvalue weighted by Gasteiger charge is -2.09. The predicted octanol–water partition coefficient (Wildman–Crippen LogP) is 5.86. The maximum Gasteiger partial charge on any atom is 0.143 e. The van der Waals surface area contributed by atoms with Crippen LogP contribution in [0, 0.1) is 19.7 Å². The Labute approximate surface area is 149 Å². The van der Waals surface area contributed by atoms with Crippen molar-refractivity contribution < 1.29 is 4.39 Å². The molecule has 5 heteroatoms. The van der Waals surface area contributed by atoms with Gasteiger partial charge in [0.05, 0.1) is 5.39 Å². The van der Waals surface area contributed by atoms with E-state index in [1.165, 1.54) is 22.6 Å². The number of rotatable bonds is 3. The van der Waals surface area contributed by atoms with E-state index in [1.54, 1.807) is 29.8 Å². The molecule has 0 saturated carbocycles. The highest BCUT2D eigenvalue weighted by atomic mass is 32.1. The van der Waals surface area contributed by atoms with Crippen molar-refractivity contribution in [3.63, 3.8) is 0 Å². The molecule has 4 aromatic rings. The Morgan fingerprint density at radius 3 is 2.36 bits per heavy atom. The Morgan fingerprint density at radius 2 is 1.64 bits per heavy atom. The van der Waals surface area contributed by atoms with Gasteiger partial charge in [0.25, 0.3) is 0 Å². The summed E-state index contributed by atoms with van der Waals surface area (Å²) in [4.78, 5) is 11.0. The van der Waals surface area contributed by atoms with Gasteiger partial charge in [-0.15, -0.1) is 11.3 Å². The molecule has 4 rings (SSSR count). The third-order valence-corrected chi connectivity index (χ3v) is 5.12. The molecule has 0 aliphatic carbocycles. The molecule has 3 nitrogen and oxygen atoms in total. The first-order valence-electron chi connectivity index (χ1n) is 7.95. The highest BCUT2D eigenvalue weighted by Crippen LogP contribution is 2.40. The number of benzene rings is 2. The summed E-state index contributed by atoms with van der Waals surface area (Å²) >= 11 is 1.65. The molecule has 0 unspecified atom stereocenters. The summed E-state index contributed by atoms with van der Waals surface area (Å²) in [7, 11) is 0. The SMILES string of the molecule is Cc1ccc(-c2c(C)sc3ncnc(Nc4ccc(F)cc4)c23)cc1. The Bertz CT molecular complexity index is 1040. The van der Waals surface area contributed by atoms with Crippen molar-refractivity contribution in [2.24, 2.45) is 0 Å². The minimum absolute atomic E-state index is 0.259. The fourth-order valence-electron chi connectivity index (χ4n) is 2.88. The number of nitrogens with one attached hydrogen (secondary N) is 1. The quantitative estimate of drug-likeness (QED) is 0.503. The highest BCUT2D eigenvalue weighted by Gasteiger charge is 2.16. The van der Waals surface area contributed by atoms with Crippen molar-refractivity contribution in [2.75, 3.05) is 5.32 Å². The minimum Gasteiger partial charge on any atom is -0.340 e. The molecule has 25 heavy (non-hydrogen) atoms. The smallest absolute Gasteiger partial charge is 0.143 e. The zero-order valence-electron chi connectivity index (χ0n) is 13.9. The molecule has 2 heterocycles. The van der Waals surface area contributed by atoms with E-state index in [4.69, 9.17) is 0 Å². The molecule has 1 N–H and O–H groups in total. The number of aromatic nitrogens is 2. The zero-order valence-corrected chi connectivity index (χ0v) is 14.7. The van der Waals surface area contributed by atoms with Crippen LogP contribution in [-0.4, -0.2) is 9.97 Å². The van der Waals surface area contributed by atoms with Gasteiger partial charge in [-0.1, -0.05) is 29.8 Å². The van der Waals surface area contributed by atoms with Crippen molar-refractivity contribution in [1.82, 2.24) is 9.97 Å². The Hall–Kier alpha value is -2.79. The second-order valence-corrected chi connectivity index (χ2v) is 7.14. The first-order valence-corrected chi connectivity index (χ1v) is 8.77. The molecule has 0 aliphatic rings. The third kappa shape index (κ3) is 2.98. The molecule has 0 spiro atoms. The normalized spacial score (nSPS) is 11.0. The van der Waals surface area contributed by atoms with Crippen LogP contribution in [0.3, 0.4) is 0 Å². The highest BCUT2D eigenvalue weighted by molar-refractivity contribution is 7.19. The number of nitrogens with zero attached hydrogens (tertiary/aromatic N) is 2. The van der Waals surface area contributed by atoms with Gasteiger partial charge in [0, 0.05) is 16.1 Å². The van der Waals surface area contributed by atoms with E-state index < -0.39 is 0 Å². The first-order chi connectivity index (χ1) is 12.1. The predicted molar refractivity (Wildman–Crippen MR) is 102 cm³/mol. The number of thiophene rings is 1. The Balaban J connectivity index is 1.87. The van der Waals surface area contributed by atoms with E-state index in [-0.39, 0.29) is 5.82 Å². The fraction of sp³-hybridized carbons (Fsp3) is 0.100. The van der Waals surface area contributed by atoms with Gasteiger partial charge in [0.15, 0.2) is 0 Å². The van der Waals surface area contributed by atoms with Crippen LogP contribution in [0.4, 0.5) is 15.9 Å². The first kappa shape index (κ1) is 15.7. The second-order valence-electron chi connectivity index (χ2n) is 5.93. The van der Waals surface area contributed by atoms with Crippen LogP contribution in [0.15, 0.2) is 54.9 Å². The average Bonchev–Trinajstić information content (AvgIpc) is 2.95. The average molecular weight is 349 g/mol. The molecule has 0 radical (unpaired) electrons. The molecular weight excluding hydrogens is 333 g/mol. The number of hydrogen-bond acceptors (Lipinski definition) is 4. The number of halogens is 1. The van der Waals surface area contributed by atoms with Crippen LogP contribution < -0.4 is 5.32 Å². The van der Waals surface area contributed by atoms with Crippen molar-refractivity contribution >= 4 is 33.1 Å². The zero-order chi connectivity index (χ0) is 17.4. The molecule has 0 fully saturated rings. The maximum atomic E-state index is 13.1. The van der Waals surface area contributed by atoms with Crippen LogP contribution in [0.1, 0.15) is 10.4 Å². The summed E-state index contributed by atoms with van der Waals surface area (Å²) in [5.41, 5.74) is 4.30. The van der Waals surface area contributed by atoms with Crippen molar-refractivity contribution in [3.05, 3.63) is 71.1 Å². The van der Waals surface area contributed by atoms with Crippen molar-refractivity contribution in [3.8, 4) is 11.1 Å². The lowest BCUT2D eigenvalue weighted by Crippen LogP contribution is -1.95. The van der Waals surface area contributed by atoms with Gasteiger partial charge < -0.3 is 5.32 Å². The Morgan fingerprint density at radius 1 is 0.920 bits per heavy atom. The monoisotopic (exact) mass is 349 g/mol. The molecule has 2 aromatic heterocycles. The van der Waals surface area contributed by atoms with Crippen LogP contribution >= 0.6 is 11.3 Å². The summed E-state index contributed by atoms with van der Waals surface area (Å²) in [6.45, 7) is 4.18. The van der Waals surface area contributed by atoms with E-state index in [2.05, 4.69) is 53.4 Å². The summed E-state index contributed by atoms with van der Waals surface area (Å²) in [5.74, 6) is 0.474. The van der Waals surface area contributed by atoms with Gasteiger partial charge in [0.2, 0.25) is 0 Å². The molecule has 124 valence electrons. The van der Waals surface area contributed by atoms with Gasteiger partial charge in [0.1, 0.15) is 22.8 Å². The van der Waals surface area contributed by atoms with Crippen LogP contribution in [0.5, 0.6) is 0 Å². The van der Waals surface area contributed by atoms with Gasteiger partial charge >= 0.3 is 0 Å². The van der Waals surface area contributed by atoms with Crippen molar-refractivity contribution in [1.29, 1.82) is 0 Å². The van der Waals surface area contributed by atoms with Crippen molar-refractivity contribution in [2.45, 2.75) is 13.8 Å². The molecule has 0 atom stereocenters. The lowest BCUT2D eigenvalue weighted by atomic mass is 10.0. The van der Waals surface area contributed by atoms with Gasteiger partial charge in [-0.25, -0.2) is 14.4 Å². The van der Waals surface area contributed by atoms with Crippen LogP contribution in [0.25, 0.3) is 21.3 Å². The van der Waals surface area contributed by atoms with E-state index in [9.17, 15) is 4.39 Å². The summed E-state index contributed by atoms with van der Waals surface area (Å²) in [6.07, 6.45) is 1.56.